The predicted octanol–water partition coefficient (Wildman–Crippen LogP) is 3.73. The number of benzene rings is 2. The van der Waals surface area contributed by atoms with Gasteiger partial charge >= 0.3 is 5.97 Å². The Morgan fingerprint density at radius 1 is 1.06 bits per heavy atom. The second kappa shape index (κ2) is 10.1. The zero-order valence-corrected chi connectivity index (χ0v) is 17.8. The number of esters is 1. The summed E-state index contributed by atoms with van der Waals surface area (Å²) in [5, 5.41) is 7.29. The van der Waals surface area contributed by atoms with Crippen molar-refractivity contribution in [2.24, 2.45) is 0 Å². The Labute approximate surface area is 187 Å². The first-order chi connectivity index (χ1) is 14.9. The van der Waals surface area contributed by atoms with Gasteiger partial charge in [-0.1, -0.05) is 41.4 Å². The molecule has 10 heteroatoms. The summed E-state index contributed by atoms with van der Waals surface area (Å²) in [5.74, 6) is -1.49. The minimum Gasteiger partial charge on any atom is -0.481 e. The molecule has 0 unspecified atom stereocenters. The quantitative estimate of drug-likeness (QED) is 0.538. The number of halogens is 2. The van der Waals surface area contributed by atoms with Crippen molar-refractivity contribution in [1.82, 2.24) is 9.78 Å². The van der Waals surface area contributed by atoms with Gasteiger partial charge in [0.05, 0.1) is 28.4 Å². The molecule has 1 N–H and O–H groups in total. The van der Waals surface area contributed by atoms with Crippen LogP contribution in [0.5, 0.6) is 5.75 Å². The van der Waals surface area contributed by atoms with Gasteiger partial charge in [0.2, 0.25) is 5.69 Å². The van der Waals surface area contributed by atoms with E-state index in [1.165, 1.54) is 12.1 Å². The first-order valence-electron chi connectivity index (χ1n) is 9.13. The lowest BCUT2D eigenvalue weighted by molar-refractivity contribution is -0.118. The van der Waals surface area contributed by atoms with E-state index in [-0.39, 0.29) is 23.1 Å². The molecule has 3 rings (SSSR count). The number of hydrogen-bond donors (Lipinski definition) is 1. The molecule has 0 atom stereocenters. The molecule has 160 valence electrons. The number of rotatable bonds is 7. The Hall–Kier alpha value is -3.36. The molecule has 1 aromatic heterocycles. The topological polar surface area (TPSA) is 99.5 Å². The summed E-state index contributed by atoms with van der Waals surface area (Å²) in [5.41, 5.74) is 0.0972. The average molecular weight is 462 g/mol. The zero-order chi connectivity index (χ0) is 22.4. The maximum Gasteiger partial charge on any atom is 0.362 e. The maximum absolute atomic E-state index is 12.5. The fourth-order valence-corrected chi connectivity index (χ4v) is 2.86. The Morgan fingerprint density at radius 3 is 2.48 bits per heavy atom. The molecule has 31 heavy (non-hydrogen) atoms. The van der Waals surface area contributed by atoms with Gasteiger partial charge in [-0.3, -0.25) is 9.59 Å². The summed E-state index contributed by atoms with van der Waals surface area (Å²) >= 11 is 11.8. The van der Waals surface area contributed by atoms with Gasteiger partial charge in [0.15, 0.2) is 12.4 Å². The van der Waals surface area contributed by atoms with Crippen LogP contribution in [0.3, 0.4) is 0 Å². The van der Waals surface area contributed by atoms with Crippen molar-refractivity contribution in [1.29, 1.82) is 0 Å². The molecule has 0 bridgehead atoms. The van der Waals surface area contributed by atoms with Gasteiger partial charge in [0.1, 0.15) is 0 Å². The monoisotopic (exact) mass is 461 g/mol. The highest BCUT2D eigenvalue weighted by Crippen LogP contribution is 2.25. The van der Waals surface area contributed by atoms with E-state index in [1.807, 2.05) is 0 Å². The van der Waals surface area contributed by atoms with Gasteiger partial charge in [0, 0.05) is 5.69 Å². The first-order valence-corrected chi connectivity index (χ1v) is 9.89. The van der Waals surface area contributed by atoms with E-state index in [0.717, 1.165) is 10.7 Å². The fourth-order valence-electron chi connectivity index (χ4n) is 2.56. The number of carbonyl (C=O) groups excluding carboxylic acids is 2. The zero-order valence-electron chi connectivity index (χ0n) is 16.3. The van der Waals surface area contributed by atoms with Crippen molar-refractivity contribution in [2.75, 3.05) is 18.5 Å². The molecule has 8 nitrogen and oxygen atoms in total. The number of nitrogens with one attached hydrogen (secondary N) is 1. The van der Waals surface area contributed by atoms with Crippen LogP contribution in [0.2, 0.25) is 10.0 Å². The number of nitrogens with zero attached hydrogens (tertiary/aromatic N) is 2. The lowest BCUT2D eigenvalue weighted by Crippen LogP contribution is -2.27. The summed E-state index contributed by atoms with van der Waals surface area (Å²) in [6, 6.07) is 14.2. The predicted molar refractivity (Wildman–Crippen MR) is 116 cm³/mol. The highest BCUT2D eigenvalue weighted by atomic mass is 35.5. The molecule has 0 aliphatic rings. The molecule has 1 amide bonds. The summed E-state index contributed by atoms with van der Waals surface area (Å²) in [7, 11) is 0. The second-order valence-electron chi connectivity index (χ2n) is 6.13. The number of anilines is 1. The van der Waals surface area contributed by atoms with Crippen molar-refractivity contribution in [3.8, 4) is 11.4 Å². The number of ether oxygens (including phenoxy) is 2. The maximum atomic E-state index is 12.5. The lowest BCUT2D eigenvalue weighted by atomic mass is 10.3. The van der Waals surface area contributed by atoms with Crippen molar-refractivity contribution >= 4 is 40.8 Å². The van der Waals surface area contributed by atoms with Crippen LogP contribution in [0.1, 0.15) is 17.4 Å². The fraction of sp³-hybridized carbons (Fsp3) is 0.143. The van der Waals surface area contributed by atoms with Crippen molar-refractivity contribution in [3.63, 3.8) is 0 Å². The van der Waals surface area contributed by atoms with Crippen LogP contribution in [0, 0.1) is 0 Å². The third-order valence-corrected chi connectivity index (χ3v) is 4.67. The molecule has 0 saturated carbocycles. The van der Waals surface area contributed by atoms with E-state index in [4.69, 9.17) is 32.7 Å². The first kappa shape index (κ1) is 22.3. The third-order valence-electron chi connectivity index (χ3n) is 3.93. The molecule has 0 aliphatic carbocycles. The molecular weight excluding hydrogens is 445 g/mol. The Bertz CT molecular complexity index is 1170. The van der Waals surface area contributed by atoms with Crippen LogP contribution < -0.4 is 15.6 Å². The van der Waals surface area contributed by atoms with Crippen LogP contribution in [0.15, 0.2) is 59.4 Å². The smallest absolute Gasteiger partial charge is 0.362 e. The minimum absolute atomic E-state index is 0.0994. The van der Waals surface area contributed by atoms with Gasteiger partial charge < -0.3 is 14.8 Å². The number of para-hydroxylation sites is 1. The molecule has 0 saturated heterocycles. The van der Waals surface area contributed by atoms with E-state index in [0.29, 0.717) is 16.4 Å². The SMILES string of the molecule is CCOC(=O)c1nn(-c2ccccc2)c(=O)cc1OCC(=O)Nc1ccc(Cl)c(Cl)c1. The standard InChI is InChI=1S/C21H17Cl2N3O5/c1-2-30-21(29)20-17(11-19(28)26(25-20)14-6-4-3-5-7-14)31-12-18(27)24-13-8-9-15(22)16(23)10-13/h3-11H,2,12H2,1H3,(H,24,27). The molecule has 0 radical (unpaired) electrons. The second-order valence-corrected chi connectivity index (χ2v) is 6.94. The van der Waals surface area contributed by atoms with E-state index < -0.39 is 24.0 Å². The van der Waals surface area contributed by atoms with E-state index in [1.54, 1.807) is 43.3 Å². The molecule has 2 aromatic carbocycles. The van der Waals surface area contributed by atoms with Crippen LogP contribution in [-0.4, -0.2) is 34.9 Å². The largest absolute Gasteiger partial charge is 0.481 e. The summed E-state index contributed by atoms with van der Waals surface area (Å²) < 4.78 is 11.5. The Balaban J connectivity index is 1.83. The minimum atomic E-state index is -0.785. The lowest BCUT2D eigenvalue weighted by Gasteiger charge is -2.12. The summed E-state index contributed by atoms with van der Waals surface area (Å²) in [6.07, 6.45) is 0. The van der Waals surface area contributed by atoms with E-state index >= 15 is 0 Å². The van der Waals surface area contributed by atoms with Gasteiger partial charge in [-0.2, -0.15) is 9.78 Å². The van der Waals surface area contributed by atoms with Crippen molar-refractivity contribution in [3.05, 3.63) is 80.7 Å². The molecule has 0 aliphatic heterocycles. The number of aromatic nitrogens is 2. The normalized spacial score (nSPS) is 10.4. The van der Waals surface area contributed by atoms with E-state index in [9.17, 15) is 14.4 Å². The van der Waals surface area contributed by atoms with Crippen LogP contribution in [0.4, 0.5) is 5.69 Å². The third kappa shape index (κ3) is 5.62. The molecular formula is C21H17Cl2N3O5. The molecule has 0 fully saturated rings. The average Bonchev–Trinajstić information content (AvgIpc) is 2.75. The van der Waals surface area contributed by atoms with Crippen LogP contribution in [0.25, 0.3) is 5.69 Å². The number of carbonyl (C=O) groups is 2. The number of hydrogen-bond acceptors (Lipinski definition) is 6. The highest BCUT2D eigenvalue weighted by Gasteiger charge is 2.20. The number of amides is 1. The molecule has 1 heterocycles. The van der Waals surface area contributed by atoms with Gasteiger partial charge in [-0.05, 0) is 37.3 Å². The van der Waals surface area contributed by atoms with Crippen molar-refractivity contribution in [2.45, 2.75) is 6.92 Å². The molecule has 3 aromatic rings. The Morgan fingerprint density at radius 2 is 1.81 bits per heavy atom. The van der Waals surface area contributed by atoms with Gasteiger partial charge in [-0.15, -0.1) is 0 Å². The Kier molecular flexibility index (Phi) is 7.28. The van der Waals surface area contributed by atoms with Gasteiger partial charge in [-0.25, -0.2) is 4.79 Å². The molecule has 0 spiro atoms. The van der Waals surface area contributed by atoms with Crippen molar-refractivity contribution < 1.29 is 19.1 Å². The summed E-state index contributed by atoms with van der Waals surface area (Å²) in [4.78, 5) is 37.1. The van der Waals surface area contributed by atoms with Gasteiger partial charge in [0.25, 0.3) is 11.5 Å². The van der Waals surface area contributed by atoms with E-state index in [2.05, 4.69) is 10.4 Å². The van der Waals surface area contributed by atoms with Crippen LogP contribution in [-0.2, 0) is 9.53 Å². The summed E-state index contributed by atoms with van der Waals surface area (Å²) in [6.45, 7) is 1.25. The highest BCUT2D eigenvalue weighted by molar-refractivity contribution is 6.42. The van der Waals surface area contributed by atoms with Crippen LogP contribution >= 0.6 is 23.2 Å².